The summed E-state index contributed by atoms with van der Waals surface area (Å²) in [7, 11) is 0. The Bertz CT molecular complexity index is 769. The lowest BCUT2D eigenvalue weighted by molar-refractivity contribution is -0.896. The molecule has 6 heteroatoms. The molecule has 2 aromatic carbocycles. The third-order valence-electron chi connectivity index (χ3n) is 6.98. The Kier molecular flexibility index (Phi) is 14.9. The average Bonchev–Trinajstić information content (AvgIpc) is 2.78. The summed E-state index contributed by atoms with van der Waals surface area (Å²) in [5, 5.41) is 12.8. The monoisotopic (exact) mass is 484 g/mol. The summed E-state index contributed by atoms with van der Waals surface area (Å²) < 4.78 is 0. The lowest BCUT2D eigenvalue weighted by Gasteiger charge is -2.32. The van der Waals surface area contributed by atoms with E-state index in [-0.39, 0.29) is 24.8 Å². The van der Waals surface area contributed by atoms with Crippen molar-refractivity contribution < 1.29 is 44.5 Å². The number of hydrogen-bond acceptors (Lipinski definition) is 1. The number of hydrogen-bond donors (Lipinski definition) is 3. The summed E-state index contributed by atoms with van der Waals surface area (Å²) in [6, 6.07) is 14.4. The molecule has 2 aromatic rings. The Hall–Kier alpha value is -1.33. The predicted molar refractivity (Wildman–Crippen MR) is 126 cm³/mol. The highest BCUT2D eigenvalue weighted by Gasteiger charge is 2.41. The molecule has 0 radical (unpaired) electrons. The molecule has 0 spiro atoms. The molecule has 0 aliphatic rings. The highest BCUT2D eigenvalue weighted by atomic mass is 35.5. The lowest BCUT2D eigenvalue weighted by Crippen LogP contribution is -3.11. The molecular formula is C26H42Cl2N2O2. The number of nitrogens with one attached hydrogen (secondary N) is 2. The van der Waals surface area contributed by atoms with E-state index in [1.807, 2.05) is 18.2 Å². The highest BCUT2D eigenvalue weighted by Crippen LogP contribution is 2.38. The van der Waals surface area contributed by atoms with Gasteiger partial charge in [0.25, 0.3) is 0 Å². The topological polar surface area (TPSA) is 46.2 Å². The number of aliphatic carboxylic acids is 1. The van der Waals surface area contributed by atoms with Crippen LogP contribution in [0.25, 0.3) is 10.8 Å². The second-order valence-corrected chi connectivity index (χ2v) is 8.54. The van der Waals surface area contributed by atoms with Crippen LogP contribution < -0.4 is 34.6 Å². The smallest absolute Gasteiger partial charge is 0.314 e. The maximum Gasteiger partial charge on any atom is 0.314 e. The van der Waals surface area contributed by atoms with Gasteiger partial charge in [0.15, 0.2) is 0 Å². The van der Waals surface area contributed by atoms with Crippen molar-refractivity contribution in [1.82, 2.24) is 0 Å². The van der Waals surface area contributed by atoms with E-state index >= 15 is 0 Å². The molecule has 0 amide bonds. The molecule has 4 nitrogen and oxygen atoms in total. The molecule has 0 aromatic heterocycles. The maximum atomic E-state index is 12.9. The summed E-state index contributed by atoms with van der Waals surface area (Å²) in [4.78, 5) is 16.0. The van der Waals surface area contributed by atoms with Crippen LogP contribution in [-0.2, 0) is 10.2 Å². The molecule has 2 rings (SSSR count). The number of carbonyl (C=O) groups is 1. The van der Waals surface area contributed by atoms with Crippen LogP contribution in [0.1, 0.15) is 58.9 Å². The van der Waals surface area contributed by atoms with Gasteiger partial charge < -0.3 is 39.7 Å². The van der Waals surface area contributed by atoms with Crippen LogP contribution in [0.4, 0.5) is 0 Å². The van der Waals surface area contributed by atoms with Gasteiger partial charge in [0.2, 0.25) is 0 Å². The zero-order valence-corrected chi connectivity index (χ0v) is 21.7. The fraction of sp³-hybridized carbons (Fsp3) is 0.577. The molecule has 0 aliphatic carbocycles. The van der Waals surface area contributed by atoms with E-state index in [0.29, 0.717) is 12.8 Å². The number of carboxylic acid groups (broad SMARTS) is 1. The van der Waals surface area contributed by atoms with Gasteiger partial charge in [-0.2, -0.15) is 0 Å². The van der Waals surface area contributed by atoms with Crippen LogP contribution in [0.15, 0.2) is 42.5 Å². The molecule has 0 bridgehead atoms. The van der Waals surface area contributed by atoms with Gasteiger partial charge in [0, 0.05) is 0 Å². The Morgan fingerprint density at radius 2 is 1.25 bits per heavy atom. The summed E-state index contributed by atoms with van der Waals surface area (Å²) in [5.74, 6) is -0.664. The van der Waals surface area contributed by atoms with Crippen molar-refractivity contribution in [2.45, 2.75) is 58.8 Å². The number of carboxylic acids is 1. The molecular weight excluding hydrogens is 443 g/mol. The second-order valence-electron chi connectivity index (χ2n) is 8.54. The van der Waals surface area contributed by atoms with Gasteiger partial charge in [-0.3, -0.25) is 4.79 Å². The van der Waals surface area contributed by atoms with Crippen molar-refractivity contribution >= 4 is 16.7 Å². The molecule has 0 saturated carbocycles. The predicted octanol–water partition coefficient (Wildman–Crippen LogP) is -3.42. The Morgan fingerprint density at radius 3 is 1.72 bits per heavy atom. The summed E-state index contributed by atoms with van der Waals surface area (Å²) >= 11 is 0. The molecule has 32 heavy (non-hydrogen) atoms. The first kappa shape index (κ1) is 30.7. The van der Waals surface area contributed by atoms with Crippen molar-refractivity contribution in [3.63, 3.8) is 0 Å². The van der Waals surface area contributed by atoms with Crippen molar-refractivity contribution in [3.8, 4) is 0 Å². The summed E-state index contributed by atoms with van der Waals surface area (Å²) in [5.41, 5.74) is 0.178. The van der Waals surface area contributed by atoms with Crippen molar-refractivity contribution in [3.05, 3.63) is 48.0 Å². The van der Waals surface area contributed by atoms with Crippen LogP contribution in [0.3, 0.4) is 0 Å². The van der Waals surface area contributed by atoms with Gasteiger partial charge in [-0.25, -0.2) is 0 Å². The van der Waals surface area contributed by atoms with Gasteiger partial charge in [0.1, 0.15) is 0 Å². The van der Waals surface area contributed by atoms with Crippen LogP contribution in [-0.4, -0.2) is 50.3 Å². The minimum atomic E-state index is -0.819. The summed E-state index contributed by atoms with van der Waals surface area (Å²) in [6.07, 6.45) is 3.27. The Labute approximate surface area is 207 Å². The van der Waals surface area contributed by atoms with Gasteiger partial charge in [-0.15, -0.1) is 0 Å². The minimum Gasteiger partial charge on any atom is -1.00 e. The van der Waals surface area contributed by atoms with E-state index in [2.05, 4.69) is 52.0 Å². The van der Waals surface area contributed by atoms with Gasteiger partial charge >= 0.3 is 5.97 Å². The van der Waals surface area contributed by atoms with Crippen LogP contribution in [0.5, 0.6) is 0 Å². The quantitative estimate of drug-likeness (QED) is 0.261. The maximum absolute atomic E-state index is 12.9. The highest BCUT2D eigenvalue weighted by molar-refractivity contribution is 5.93. The van der Waals surface area contributed by atoms with E-state index in [1.54, 1.807) is 9.80 Å². The van der Waals surface area contributed by atoms with Crippen molar-refractivity contribution in [2.75, 3.05) is 39.3 Å². The van der Waals surface area contributed by atoms with Crippen molar-refractivity contribution in [1.29, 1.82) is 0 Å². The fourth-order valence-corrected chi connectivity index (χ4v) is 4.85. The third-order valence-corrected chi connectivity index (χ3v) is 6.98. The Balaban J connectivity index is 0.00000480. The van der Waals surface area contributed by atoms with Crippen LogP contribution in [0, 0.1) is 0 Å². The van der Waals surface area contributed by atoms with E-state index in [4.69, 9.17) is 0 Å². The first-order valence-electron chi connectivity index (χ1n) is 11.9. The van der Waals surface area contributed by atoms with E-state index in [9.17, 15) is 9.90 Å². The first-order valence-corrected chi connectivity index (χ1v) is 11.9. The van der Waals surface area contributed by atoms with E-state index in [0.717, 1.165) is 68.4 Å². The molecule has 3 N–H and O–H groups in total. The zero-order chi connectivity index (χ0) is 22.0. The molecule has 0 fully saturated rings. The SMILES string of the molecule is CC[NH+](CC)CCCC(CCC[NH+](CC)CC)(C(=O)O)c1cccc2ccccc12.[Cl-].[Cl-]. The number of rotatable bonds is 14. The summed E-state index contributed by atoms with van der Waals surface area (Å²) in [6.45, 7) is 15.3. The molecule has 182 valence electrons. The van der Waals surface area contributed by atoms with Crippen LogP contribution in [0.2, 0.25) is 0 Å². The van der Waals surface area contributed by atoms with Crippen LogP contribution >= 0.6 is 0 Å². The molecule has 0 aliphatic heterocycles. The number of benzene rings is 2. The fourth-order valence-electron chi connectivity index (χ4n) is 4.85. The van der Waals surface area contributed by atoms with E-state index < -0.39 is 11.4 Å². The Morgan fingerprint density at radius 1 is 0.781 bits per heavy atom. The van der Waals surface area contributed by atoms with Gasteiger partial charge in [-0.1, -0.05) is 42.5 Å². The largest absolute Gasteiger partial charge is 1.00 e. The zero-order valence-electron chi connectivity index (χ0n) is 20.2. The standard InChI is InChI=1S/C26H40N2O2.2ClH/c1-5-27(6-2)20-12-18-26(25(29)30,19-13-21-28(7-3)8-4)24-17-11-15-22-14-9-10-16-23(22)24;;/h9-11,14-17H,5-8,12-13,18-21H2,1-4H3,(H,29,30);2*1H. The number of quaternary nitrogens is 2. The first-order chi connectivity index (χ1) is 14.5. The van der Waals surface area contributed by atoms with Crippen molar-refractivity contribution in [2.24, 2.45) is 0 Å². The number of fused-ring (bicyclic) bond motifs is 1. The minimum absolute atomic E-state index is 0. The van der Waals surface area contributed by atoms with Gasteiger partial charge in [-0.05, 0) is 69.7 Å². The van der Waals surface area contributed by atoms with Gasteiger partial charge in [0.05, 0.1) is 44.7 Å². The average molecular weight is 486 g/mol. The lowest BCUT2D eigenvalue weighted by atomic mass is 9.71. The van der Waals surface area contributed by atoms with E-state index in [1.165, 1.54) is 0 Å². The number of halogens is 2. The molecule has 0 atom stereocenters. The normalized spacial score (nSPS) is 11.4. The third kappa shape index (κ3) is 7.62. The molecule has 0 saturated heterocycles. The second kappa shape index (κ2) is 15.5. The molecule has 0 unspecified atom stereocenters. The molecule has 0 heterocycles.